The number of rotatable bonds is 4. The highest BCUT2D eigenvalue weighted by atomic mass is 16.6. The summed E-state index contributed by atoms with van der Waals surface area (Å²) in [5.41, 5.74) is 0.942. The van der Waals surface area contributed by atoms with E-state index in [1.54, 1.807) is 0 Å². The predicted molar refractivity (Wildman–Crippen MR) is 72.1 cm³/mol. The van der Waals surface area contributed by atoms with Crippen LogP contribution in [0.3, 0.4) is 0 Å². The molecule has 2 aliphatic heterocycles. The van der Waals surface area contributed by atoms with Gasteiger partial charge in [0.2, 0.25) is 0 Å². The molecule has 0 saturated carbocycles. The van der Waals surface area contributed by atoms with Crippen molar-refractivity contribution in [3.05, 3.63) is 35.9 Å². The van der Waals surface area contributed by atoms with Gasteiger partial charge in [0, 0.05) is 0 Å². The molecule has 2 fully saturated rings. The van der Waals surface area contributed by atoms with Gasteiger partial charge >= 0.3 is 6.03 Å². The summed E-state index contributed by atoms with van der Waals surface area (Å²) in [5.74, 6) is 0. The Bertz CT molecular complexity index is 511. The van der Waals surface area contributed by atoms with Crippen LogP contribution in [0.25, 0.3) is 0 Å². The van der Waals surface area contributed by atoms with Crippen LogP contribution >= 0.6 is 0 Å². The molecule has 0 aliphatic carbocycles. The summed E-state index contributed by atoms with van der Waals surface area (Å²) in [6.07, 6.45) is -3.80. The van der Waals surface area contributed by atoms with E-state index in [4.69, 9.17) is 9.84 Å². The van der Waals surface area contributed by atoms with Gasteiger partial charge < -0.3 is 25.4 Å². The monoisotopic (exact) mass is 294 g/mol. The first kappa shape index (κ1) is 14.3. The summed E-state index contributed by atoms with van der Waals surface area (Å²) < 4.78 is 5.59. The zero-order valence-corrected chi connectivity index (χ0v) is 11.3. The lowest BCUT2D eigenvalue weighted by Crippen LogP contribution is -2.45. The molecule has 1 aromatic carbocycles. The second-order valence-electron chi connectivity index (χ2n) is 5.32. The van der Waals surface area contributed by atoms with Crippen molar-refractivity contribution in [1.29, 1.82) is 0 Å². The van der Waals surface area contributed by atoms with Crippen LogP contribution in [0.4, 0.5) is 4.79 Å². The topological polar surface area (TPSA) is 102 Å². The lowest BCUT2D eigenvalue weighted by atomic mass is 10.0. The second-order valence-corrected chi connectivity index (χ2v) is 5.32. The molecule has 2 saturated heterocycles. The van der Waals surface area contributed by atoms with Gasteiger partial charge in [-0.3, -0.25) is 4.90 Å². The van der Waals surface area contributed by atoms with E-state index < -0.39 is 37.2 Å². The first-order valence-corrected chi connectivity index (χ1v) is 6.85. The van der Waals surface area contributed by atoms with Crippen LogP contribution in [-0.4, -0.2) is 63.4 Å². The number of ether oxygens (including phenoxy) is 1. The number of benzene rings is 1. The minimum atomic E-state index is -1.18. The number of hydrogen-bond donors (Lipinski definition) is 4. The first-order valence-electron chi connectivity index (χ1n) is 6.85. The van der Waals surface area contributed by atoms with Gasteiger partial charge in [-0.25, -0.2) is 4.79 Å². The molecule has 2 amide bonds. The van der Waals surface area contributed by atoms with Gasteiger partial charge in [0.15, 0.2) is 6.23 Å². The van der Waals surface area contributed by atoms with Crippen molar-refractivity contribution in [2.24, 2.45) is 0 Å². The number of amides is 2. The number of hydrogen-bond acceptors (Lipinski definition) is 5. The van der Waals surface area contributed by atoms with Gasteiger partial charge in [0.1, 0.15) is 24.4 Å². The van der Waals surface area contributed by atoms with Crippen molar-refractivity contribution >= 4 is 6.03 Å². The van der Waals surface area contributed by atoms with Gasteiger partial charge in [0.25, 0.3) is 0 Å². The third-order valence-electron chi connectivity index (χ3n) is 3.93. The van der Waals surface area contributed by atoms with Gasteiger partial charge in [-0.05, 0) is 5.56 Å². The Balaban J connectivity index is 1.76. The molecule has 4 N–H and O–H groups in total. The van der Waals surface area contributed by atoms with Crippen LogP contribution < -0.4 is 5.32 Å². The number of aliphatic hydroxyl groups is 3. The maximum Gasteiger partial charge on any atom is 0.320 e. The number of carbonyl (C=O) groups excluding carboxylic acids is 1. The molecule has 0 spiro atoms. The van der Waals surface area contributed by atoms with E-state index in [2.05, 4.69) is 5.32 Å². The van der Waals surface area contributed by atoms with Crippen LogP contribution in [0.1, 0.15) is 5.56 Å². The molecule has 7 heteroatoms. The maximum atomic E-state index is 12.0. The van der Waals surface area contributed by atoms with Gasteiger partial charge in [-0.15, -0.1) is 0 Å². The third kappa shape index (κ3) is 2.49. The quantitative estimate of drug-likeness (QED) is 0.572. The molecular formula is C14H18N2O5. The summed E-state index contributed by atoms with van der Waals surface area (Å²) in [6.45, 7) is -0.156. The van der Waals surface area contributed by atoms with Crippen LogP contribution in [0, 0.1) is 0 Å². The van der Waals surface area contributed by atoms with Crippen molar-refractivity contribution in [1.82, 2.24) is 10.2 Å². The fourth-order valence-corrected chi connectivity index (χ4v) is 2.83. The molecule has 2 aliphatic rings. The van der Waals surface area contributed by atoms with Crippen LogP contribution in [-0.2, 0) is 11.3 Å². The molecule has 3 rings (SSSR count). The zero-order valence-electron chi connectivity index (χ0n) is 11.3. The van der Waals surface area contributed by atoms with E-state index in [1.807, 2.05) is 30.3 Å². The molecule has 1 aromatic rings. The van der Waals surface area contributed by atoms with Crippen molar-refractivity contribution in [3.63, 3.8) is 0 Å². The molecule has 7 nitrogen and oxygen atoms in total. The maximum absolute atomic E-state index is 12.0. The molecule has 114 valence electrons. The van der Waals surface area contributed by atoms with Crippen LogP contribution in [0.5, 0.6) is 0 Å². The Labute approximate surface area is 121 Å². The normalized spacial score (nSPS) is 32.9. The summed E-state index contributed by atoms with van der Waals surface area (Å²) in [5, 5.41) is 31.4. The van der Waals surface area contributed by atoms with Crippen molar-refractivity contribution < 1.29 is 24.9 Å². The fourth-order valence-electron chi connectivity index (χ4n) is 2.83. The zero-order chi connectivity index (χ0) is 15.0. The number of carbonyl (C=O) groups is 1. The Kier molecular flexibility index (Phi) is 3.81. The van der Waals surface area contributed by atoms with Gasteiger partial charge in [0.05, 0.1) is 13.2 Å². The molecule has 0 radical (unpaired) electrons. The van der Waals surface area contributed by atoms with Crippen LogP contribution in [0.2, 0.25) is 0 Å². The Morgan fingerprint density at radius 1 is 1.33 bits per heavy atom. The van der Waals surface area contributed by atoms with Crippen molar-refractivity contribution in [2.45, 2.75) is 37.1 Å². The largest absolute Gasteiger partial charge is 0.394 e. The predicted octanol–water partition coefficient (Wildman–Crippen LogP) is -0.981. The Hall–Kier alpha value is -1.67. The van der Waals surface area contributed by atoms with E-state index >= 15 is 0 Å². The molecule has 5 atom stereocenters. The lowest BCUT2D eigenvalue weighted by molar-refractivity contribution is -0.105. The van der Waals surface area contributed by atoms with E-state index in [-0.39, 0.29) is 6.03 Å². The molecule has 0 unspecified atom stereocenters. The highest BCUT2D eigenvalue weighted by Gasteiger charge is 2.54. The average molecular weight is 294 g/mol. The summed E-state index contributed by atoms with van der Waals surface area (Å²) >= 11 is 0. The second kappa shape index (κ2) is 5.61. The third-order valence-corrected chi connectivity index (χ3v) is 3.93. The average Bonchev–Trinajstić information content (AvgIpc) is 2.97. The van der Waals surface area contributed by atoms with E-state index in [0.29, 0.717) is 6.54 Å². The van der Waals surface area contributed by atoms with Crippen molar-refractivity contribution in [3.8, 4) is 0 Å². The van der Waals surface area contributed by atoms with Gasteiger partial charge in [-0.1, -0.05) is 30.3 Å². The lowest BCUT2D eigenvalue weighted by Gasteiger charge is -2.24. The highest BCUT2D eigenvalue weighted by molar-refractivity contribution is 5.77. The summed E-state index contributed by atoms with van der Waals surface area (Å²) in [7, 11) is 0. The molecular weight excluding hydrogens is 276 g/mol. The minimum Gasteiger partial charge on any atom is -0.394 e. The Morgan fingerprint density at radius 3 is 2.71 bits per heavy atom. The molecule has 0 bridgehead atoms. The summed E-state index contributed by atoms with van der Waals surface area (Å²) in [6, 6.07) is 8.52. The number of nitrogens with one attached hydrogen (secondary N) is 1. The standard InChI is InChI=1S/C14H18N2O5/c17-7-9(18)12-11(19)10-13(21-12)16(14(20)15-10)6-8-4-2-1-3-5-8/h1-5,9-13,17-19H,6-7H2,(H,15,20)/t9-,10-,11-,12-,13+/m1/s1. The Morgan fingerprint density at radius 2 is 2.05 bits per heavy atom. The number of nitrogens with zero attached hydrogens (tertiary/aromatic N) is 1. The van der Waals surface area contributed by atoms with Crippen LogP contribution in [0.15, 0.2) is 30.3 Å². The summed E-state index contributed by atoms with van der Waals surface area (Å²) in [4.78, 5) is 13.5. The van der Waals surface area contributed by atoms with E-state index in [0.717, 1.165) is 5.56 Å². The van der Waals surface area contributed by atoms with Gasteiger partial charge in [-0.2, -0.15) is 0 Å². The highest BCUT2D eigenvalue weighted by Crippen LogP contribution is 2.31. The number of aliphatic hydroxyl groups excluding tert-OH is 3. The minimum absolute atomic E-state index is 0.315. The molecule has 2 heterocycles. The number of fused-ring (bicyclic) bond motifs is 1. The number of urea groups is 1. The first-order chi connectivity index (χ1) is 10.1. The SMILES string of the molecule is O=C1N[C@@H]2[C@@H](O)[C@@H]([C@H](O)CO)O[C@@H]2N1Cc1ccccc1. The van der Waals surface area contributed by atoms with E-state index in [1.165, 1.54) is 4.90 Å². The van der Waals surface area contributed by atoms with Crippen molar-refractivity contribution in [2.75, 3.05) is 6.61 Å². The van der Waals surface area contributed by atoms with E-state index in [9.17, 15) is 15.0 Å². The smallest absolute Gasteiger partial charge is 0.320 e. The fraction of sp³-hybridized carbons (Fsp3) is 0.500. The molecule has 0 aromatic heterocycles. The molecule has 21 heavy (non-hydrogen) atoms.